The Labute approximate surface area is 258 Å². The predicted molar refractivity (Wildman–Crippen MR) is 167 cm³/mol. The Morgan fingerprint density at radius 3 is 2.26 bits per heavy atom. The van der Waals surface area contributed by atoms with Crippen LogP contribution in [0.4, 0.5) is 0 Å². The second-order valence-electron chi connectivity index (χ2n) is 12.4. The highest BCUT2D eigenvalue weighted by atomic mass is 16.5. The van der Waals surface area contributed by atoms with Crippen LogP contribution >= 0.6 is 0 Å². The van der Waals surface area contributed by atoms with Crippen LogP contribution in [0.25, 0.3) is 0 Å². The van der Waals surface area contributed by atoms with E-state index in [0.29, 0.717) is 50.9 Å². The molecule has 1 aliphatic heterocycles. The van der Waals surface area contributed by atoms with E-state index in [2.05, 4.69) is 18.3 Å². The normalized spacial score (nSPS) is 33.3. The van der Waals surface area contributed by atoms with E-state index >= 15 is 0 Å². The number of carbonyl (C=O) groups excluding carboxylic acids is 4. The number of carbonyl (C=O) groups is 4. The van der Waals surface area contributed by atoms with Crippen LogP contribution in [-0.2, 0) is 23.9 Å². The van der Waals surface area contributed by atoms with Gasteiger partial charge in [0, 0.05) is 38.1 Å². The van der Waals surface area contributed by atoms with Gasteiger partial charge >= 0.3 is 5.97 Å². The van der Waals surface area contributed by atoms with Crippen LogP contribution in [0.5, 0.6) is 0 Å². The maximum atomic E-state index is 12.8. The van der Waals surface area contributed by atoms with E-state index in [1.165, 1.54) is 0 Å². The summed E-state index contributed by atoms with van der Waals surface area (Å²) in [5.74, 6) is -1.57. The fraction of sp³-hybridized carbons (Fsp3) is 0.765. The Balaban J connectivity index is 2.94. The molecule has 0 spiro atoms. The molecule has 246 valence electrons. The lowest BCUT2D eigenvalue weighted by Gasteiger charge is -2.23. The van der Waals surface area contributed by atoms with Gasteiger partial charge in [-0.05, 0) is 64.2 Å². The lowest BCUT2D eigenvalue weighted by atomic mass is 9.91. The van der Waals surface area contributed by atoms with E-state index in [4.69, 9.17) is 4.74 Å². The number of cyclic esters (lactones) is 1. The second kappa shape index (κ2) is 21.4. The first-order valence-electron chi connectivity index (χ1n) is 16.3. The summed E-state index contributed by atoms with van der Waals surface area (Å²) in [5, 5.41) is 33.8. The molecular weight excluding hydrogens is 550 g/mol. The summed E-state index contributed by atoms with van der Waals surface area (Å²) in [4.78, 5) is 50.6. The molecule has 0 saturated carbocycles. The molecule has 9 nitrogen and oxygen atoms in total. The van der Waals surface area contributed by atoms with Crippen molar-refractivity contribution in [2.45, 2.75) is 143 Å². The number of ether oxygens (including phenoxy) is 1. The summed E-state index contributed by atoms with van der Waals surface area (Å²) < 4.78 is 5.50. The molecule has 0 saturated heterocycles. The molecule has 1 amide bonds. The number of hydrogen-bond acceptors (Lipinski definition) is 8. The molecule has 0 fully saturated rings. The number of nitrogens with one attached hydrogen (secondary N) is 1. The third kappa shape index (κ3) is 16.3. The lowest BCUT2D eigenvalue weighted by molar-refractivity contribution is -0.160. The molecule has 9 heteroatoms. The molecule has 1 unspecified atom stereocenters. The van der Waals surface area contributed by atoms with E-state index in [0.717, 1.165) is 24.8 Å². The molecule has 1 rings (SSSR count). The molecule has 0 aliphatic carbocycles. The fourth-order valence-electron chi connectivity index (χ4n) is 5.23. The summed E-state index contributed by atoms with van der Waals surface area (Å²) in [6.07, 6.45) is 8.06. The van der Waals surface area contributed by atoms with Gasteiger partial charge in [-0.15, -0.1) is 0 Å². The van der Waals surface area contributed by atoms with Gasteiger partial charge in [0.1, 0.15) is 11.6 Å². The highest BCUT2D eigenvalue weighted by Crippen LogP contribution is 2.20. The van der Waals surface area contributed by atoms with Gasteiger partial charge in [-0.1, -0.05) is 57.9 Å². The smallest absolute Gasteiger partial charge is 0.309 e. The van der Waals surface area contributed by atoms with Crippen LogP contribution in [0.1, 0.15) is 118 Å². The minimum Gasteiger partial charge on any atom is -0.452 e. The Hall–Kier alpha value is -2.36. The van der Waals surface area contributed by atoms with Gasteiger partial charge in [-0.2, -0.15) is 0 Å². The molecule has 0 radical (unpaired) electrons. The Bertz CT molecular complexity index is 929. The third-order valence-electron chi connectivity index (χ3n) is 8.26. The molecule has 43 heavy (non-hydrogen) atoms. The number of ketones is 2. The van der Waals surface area contributed by atoms with Crippen LogP contribution in [-0.4, -0.2) is 69.7 Å². The number of aliphatic hydroxyl groups is 3. The minimum absolute atomic E-state index is 0.00397. The van der Waals surface area contributed by atoms with Crippen LogP contribution in [0.2, 0.25) is 0 Å². The summed E-state index contributed by atoms with van der Waals surface area (Å²) in [6.45, 7) is 9.21. The number of aliphatic hydroxyl groups excluding tert-OH is 3. The summed E-state index contributed by atoms with van der Waals surface area (Å²) in [7, 11) is 0. The Kier molecular flexibility index (Phi) is 19.2. The summed E-state index contributed by atoms with van der Waals surface area (Å²) in [5.41, 5.74) is 1.04. The summed E-state index contributed by atoms with van der Waals surface area (Å²) >= 11 is 0. The van der Waals surface area contributed by atoms with Crippen LogP contribution in [0.15, 0.2) is 23.8 Å². The predicted octanol–water partition coefficient (Wildman–Crippen LogP) is 4.75. The van der Waals surface area contributed by atoms with Crippen molar-refractivity contribution in [1.29, 1.82) is 0 Å². The number of Topliss-reactive ketones (excluding diaryl/α,β-unsaturated/α-hetero) is 2. The maximum Gasteiger partial charge on any atom is 0.309 e. The highest BCUT2D eigenvalue weighted by Gasteiger charge is 2.28. The average molecular weight is 608 g/mol. The van der Waals surface area contributed by atoms with Crippen molar-refractivity contribution in [3.05, 3.63) is 23.8 Å². The molecule has 1 heterocycles. The zero-order valence-corrected chi connectivity index (χ0v) is 27.1. The third-order valence-corrected chi connectivity index (χ3v) is 8.26. The molecule has 1 aliphatic rings. The molecule has 0 bridgehead atoms. The van der Waals surface area contributed by atoms with E-state index in [-0.39, 0.29) is 43.3 Å². The van der Waals surface area contributed by atoms with Gasteiger partial charge in [-0.3, -0.25) is 19.2 Å². The van der Waals surface area contributed by atoms with Gasteiger partial charge in [0.25, 0.3) is 5.91 Å². The lowest BCUT2D eigenvalue weighted by Crippen LogP contribution is -2.43. The number of amides is 1. The van der Waals surface area contributed by atoms with Gasteiger partial charge in [0.15, 0.2) is 6.10 Å². The largest absolute Gasteiger partial charge is 0.452 e. The second-order valence-corrected chi connectivity index (χ2v) is 12.4. The monoisotopic (exact) mass is 607 g/mol. The first-order chi connectivity index (χ1) is 20.4. The zero-order valence-electron chi connectivity index (χ0n) is 27.1. The van der Waals surface area contributed by atoms with Gasteiger partial charge < -0.3 is 25.4 Å². The highest BCUT2D eigenvalue weighted by molar-refractivity contribution is 5.85. The van der Waals surface area contributed by atoms with E-state index in [1.54, 1.807) is 13.8 Å². The Morgan fingerprint density at radius 2 is 1.58 bits per heavy atom. The zero-order chi connectivity index (χ0) is 32.4. The van der Waals surface area contributed by atoms with Gasteiger partial charge in [0.05, 0.1) is 24.2 Å². The van der Waals surface area contributed by atoms with Crippen molar-refractivity contribution in [3.63, 3.8) is 0 Å². The van der Waals surface area contributed by atoms with Crippen LogP contribution in [0, 0.1) is 17.8 Å². The van der Waals surface area contributed by atoms with Crippen molar-refractivity contribution in [3.8, 4) is 0 Å². The minimum atomic E-state index is -1.16. The van der Waals surface area contributed by atoms with E-state index < -0.39 is 42.2 Å². The van der Waals surface area contributed by atoms with E-state index in [1.807, 2.05) is 26.0 Å². The first-order valence-corrected chi connectivity index (χ1v) is 16.3. The first kappa shape index (κ1) is 38.7. The van der Waals surface area contributed by atoms with E-state index in [9.17, 15) is 34.5 Å². The average Bonchev–Trinajstić information content (AvgIpc) is 2.96. The SMILES string of the molecule is CCC[C@@H]1OC(=O)[C@@H](C)C[C@H](C)C(=O)CCCC(=O)CCCC(CC)/C=C/C=C(\C)CC[C@@H](O)[C@@H](O)C[C@H](O)CNC1=O. The number of esters is 1. The van der Waals surface area contributed by atoms with Gasteiger partial charge in [-0.25, -0.2) is 0 Å². The van der Waals surface area contributed by atoms with Crippen molar-refractivity contribution >= 4 is 23.4 Å². The molecule has 4 N–H and O–H groups in total. The molecule has 0 aromatic heterocycles. The van der Waals surface area contributed by atoms with Crippen molar-refractivity contribution in [2.24, 2.45) is 17.8 Å². The topological polar surface area (TPSA) is 150 Å². The molecular formula is C34H57NO8. The van der Waals surface area contributed by atoms with Crippen molar-refractivity contribution in [1.82, 2.24) is 5.32 Å². The van der Waals surface area contributed by atoms with Crippen LogP contribution < -0.4 is 5.32 Å². The number of hydrogen-bond donors (Lipinski definition) is 4. The van der Waals surface area contributed by atoms with Crippen LogP contribution in [0.3, 0.4) is 0 Å². The molecule has 7 atom stereocenters. The quantitative estimate of drug-likeness (QED) is 0.336. The standard InChI is InChI=1S/C34H57NO8/c1-6-11-32-33(41)35-22-28(37)21-31(40)30(39)19-18-23(3)12-8-13-26(7-2)14-9-15-27(36)16-10-17-29(38)24(4)20-25(5)34(42)43-32/h8,12-13,24-26,28,30-32,37,39-40H,6-7,9-11,14-22H2,1-5H3,(H,35,41)/b13-8+,23-12+/t24-,25-,26?,28-,30+,31-,32-/m0/s1. The fourth-order valence-corrected chi connectivity index (χ4v) is 5.23. The molecule has 0 aromatic rings. The van der Waals surface area contributed by atoms with Gasteiger partial charge in [0.2, 0.25) is 0 Å². The number of β-amino-alcohol motifs (C(OH)–C–C–N with tert-alkyl or cyclic N) is 1. The number of rotatable bonds is 3. The summed E-state index contributed by atoms with van der Waals surface area (Å²) in [6, 6.07) is 0. The Morgan fingerprint density at radius 1 is 0.884 bits per heavy atom. The maximum absolute atomic E-state index is 12.8. The number of allylic oxidation sites excluding steroid dienone is 4. The molecule has 0 aromatic carbocycles. The van der Waals surface area contributed by atoms with Crippen molar-refractivity contribution in [2.75, 3.05) is 6.54 Å². The van der Waals surface area contributed by atoms with Crippen molar-refractivity contribution < 1.29 is 39.2 Å².